The first-order valence-corrected chi connectivity index (χ1v) is 6.06. The molecule has 0 radical (unpaired) electrons. The highest BCUT2D eigenvalue weighted by molar-refractivity contribution is 7.80. The fourth-order valence-corrected chi connectivity index (χ4v) is 2.39. The third kappa shape index (κ3) is 2.95. The molecule has 2 nitrogen and oxygen atoms in total. The summed E-state index contributed by atoms with van der Waals surface area (Å²) in [7, 11) is 2.18. The van der Waals surface area contributed by atoms with Gasteiger partial charge in [0.2, 0.25) is 0 Å². The Balaban J connectivity index is 1.85. The van der Waals surface area contributed by atoms with Crippen LogP contribution < -0.4 is 0 Å². The molecule has 0 spiro atoms. The summed E-state index contributed by atoms with van der Waals surface area (Å²) < 4.78 is 0. The van der Waals surface area contributed by atoms with Crippen molar-refractivity contribution in [3.63, 3.8) is 0 Å². The number of hydrogen-bond acceptors (Lipinski definition) is 3. The van der Waals surface area contributed by atoms with Crippen LogP contribution in [0, 0.1) is 5.41 Å². The first-order valence-electron chi connectivity index (χ1n) is 5.42. The van der Waals surface area contributed by atoms with Crippen LogP contribution in [0.5, 0.6) is 0 Å². The summed E-state index contributed by atoms with van der Waals surface area (Å²) in [4.78, 5) is 6.50. The average molecular weight is 222 g/mol. The van der Waals surface area contributed by atoms with Gasteiger partial charge in [-0.15, -0.1) is 0 Å². The Morgan fingerprint density at radius 3 is 2.87 bits per heavy atom. The lowest BCUT2D eigenvalue weighted by Gasteiger charge is -2.22. The van der Waals surface area contributed by atoms with E-state index in [1.807, 2.05) is 18.5 Å². The molecule has 0 atom stereocenters. The molecule has 0 amide bonds. The van der Waals surface area contributed by atoms with Crippen molar-refractivity contribution in [2.75, 3.05) is 19.3 Å². The Morgan fingerprint density at radius 2 is 2.33 bits per heavy atom. The molecule has 0 aliphatic heterocycles. The quantitative estimate of drug-likeness (QED) is 0.769. The van der Waals surface area contributed by atoms with E-state index in [1.54, 1.807) is 0 Å². The minimum absolute atomic E-state index is 0.514. The molecule has 0 saturated heterocycles. The summed E-state index contributed by atoms with van der Waals surface area (Å²) in [5, 5.41) is 0. The van der Waals surface area contributed by atoms with Gasteiger partial charge in [0.25, 0.3) is 0 Å². The molecule has 0 N–H and O–H groups in total. The van der Waals surface area contributed by atoms with Crippen LogP contribution >= 0.6 is 12.6 Å². The van der Waals surface area contributed by atoms with E-state index >= 15 is 0 Å². The second-order valence-electron chi connectivity index (χ2n) is 4.69. The normalized spacial score (nSPS) is 18.1. The van der Waals surface area contributed by atoms with E-state index in [2.05, 4.69) is 35.6 Å². The molecular formula is C12H18N2S. The smallest absolute Gasteiger partial charge is 0.0312 e. The van der Waals surface area contributed by atoms with Crippen LogP contribution in [-0.4, -0.2) is 29.2 Å². The maximum atomic E-state index is 4.43. The Morgan fingerprint density at radius 1 is 1.53 bits per heavy atom. The van der Waals surface area contributed by atoms with Gasteiger partial charge in [-0.3, -0.25) is 4.98 Å². The van der Waals surface area contributed by atoms with Gasteiger partial charge >= 0.3 is 0 Å². The van der Waals surface area contributed by atoms with Crippen LogP contribution in [0.3, 0.4) is 0 Å². The molecule has 0 unspecified atom stereocenters. The molecule has 1 aromatic rings. The Bertz CT molecular complexity index is 309. The number of rotatable bonds is 5. The van der Waals surface area contributed by atoms with Crippen molar-refractivity contribution in [2.45, 2.75) is 19.4 Å². The van der Waals surface area contributed by atoms with Crippen molar-refractivity contribution in [1.29, 1.82) is 0 Å². The lowest BCUT2D eigenvalue weighted by Crippen LogP contribution is -2.27. The second kappa shape index (κ2) is 4.54. The molecule has 1 heterocycles. The zero-order valence-electron chi connectivity index (χ0n) is 9.19. The zero-order chi connectivity index (χ0) is 10.7. The molecule has 82 valence electrons. The van der Waals surface area contributed by atoms with Crippen LogP contribution in [0.25, 0.3) is 0 Å². The summed E-state index contributed by atoms with van der Waals surface area (Å²) in [6.07, 6.45) is 6.44. The third-order valence-electron chi connectivity index (χ3n) is 3.07. The minimum Gasteiger partial charge on any atom is -0.301 e. The standard InChI is InChI=1S/C12H18N2S/c1-14(9-12(10-15)4-5-12)8-11-3-2-6-13-7-11/h2-3,6-7,15H,4-5,8-10H2,1H3. The number of thiol groups is 1. The van der Waals surface area contributed by atoms with Crippen LogP contribution in [0.1, 0.15) is 18.4 Å². The predicted molar refractivity (Wildman–Crippen MR) is 66.1 cm³/mol. The van der Waals surface area contributed by atoms with Crippen LogP contribution in [0.4, 0.5) is 0 Å². The molecule has 1 saturated carbocycles. The van der Waals surface area contributed by atoms with Crippen molar-refractivity contribution < 1.29 is 0 Å². The summed E-state index contributed by atoms with van der Waals surface area (Å²) in [6, 6.07) is 4.12. The van der Waals surface area contributed by atoms with E-state index in [-0.39, 0.29) is 0 Å². The van der Waals surface area contributed by atoms with Crippen LogP contribution in [0.15, 0.2) is 24.5 Å². The van der Waals surface area contributed by atoms with Gasteiger partial charge in [0, 0.05) is 25.5 Å². The highest BCUT2D eigenvalue weighted by Gasteiger charge is 2.41. The van der Waals surface area contributed by atoms with Gasteiger partial charge in [-0.2, -0.15) is 12.6 Å². The summed E-state index contributed by atoms with van der Waals surface area (Å²) in [5.74, 6) is 1.02. The highest BCUT2D eigenvalue weighted by Crippen LogP contribution is 2.46. The average Bonchev–Trinajstić information content (AvgIpc) is 3.00. The highest BCUT2D eigenvalue weighted by atomic mass is 32.1. The van der Waals surface area contributed by atoms with Gasteiger partial charge in [0.05, 0.1) is 0 Å². The van der Waals surface area contributed by atoms with Gasteiger partial charge < -0.3 is 4.90 Å². The molecule has 1 aliphatic carbocycles. The molecule has 2 rings (SSSR count). The third-order valence-corrected chi connectivity index (χ3v) is 3.74. The van der Waals surface area contributed by atoms with Crippen molar-refractivity contribution in [3.05, 3.63) is 30.1 Å². The maximum absolute atomic E-state index is 4.43. The number of nitrogens with zero attached hydrogens (tertiary/aromatic N) is 2. The van der Waals surface area contributed by atoms with Gasteiger partial charge in [-0.1, -0.05) is 6.07 Å². The first-order chi connectivity index (χ1) is 7.24. The van der Waals surface area contributed by atoms with Gasteiger partial charge in [0.1, 0.15) is 0 Å². The van der Waals surface area contributed by atoms with E-state index in [4.69, 9.17) is 0 Å². The van der Waals surface area contributed by atoms with Crippen LogP contribution in [-0.2, 0) is 6.54 Å². The van der Waals surface area contributed by atoms with Crippen LogP contribution in [0.2, 0.25) is 0 Å². The Kier molecular flexibility index (Phi) is 3.32. The van der Waals surface area contributed by atoms with Crippen molar-refractivity contribution in [3.8, 4) is 0 Å². The molecule has 1 fully saturated rings. The van der Waals surface area contributed by atoms with Crippen molar-refractivity contribution in [2.24, 2.45) is 5.41 Å². The number of aromatic nitrogens is 1. The van der Waals surface area contributed by atoms with E-state index < -0.39 is 0 Å². The fraction of sp³-hybridized carbons (Fsp3) is 0.583. The number of pyridine rings is 1. The largest absolute Gasteiger partial charge is 0.301 e. The fourth-order valence-electron chi connectivity index (χ4n) is 1.97. The maximum Gasteiger partial charge on any atom is 0.0312 e. The Hall–Kier alpha value is -0.540. The monoisotopic (exact) mass is 222 g/mol. The lowest BCUT2D eigenvalue weighted by molar-refractivity contribution is 0.270. The van der Waals surface area contributed by atoms with E-state index in [0.717, 1.165) is 18.8 Å². The first kappa shape index (κ1) is 11.0. The topological polar surface area (TPSA) is 16.1 Å². The summed E-state index contributed by atoms with van der Waals surface area (Å²) in [6.45, 7) is 2.15. The lowest BCUT2D eigenvalue weighted by atomic mass is 10.1. The van der Waals surface area contributed by atoms with E-state index in [1.165, 1.54) is 18.4 Å². The minimum atomic E-state index is 0.514. The second-order valence-corrected chi connectivity index (χ2v) is 5.01. The zero-order valence-corrected chi connectivity index (χ0v) is 10.1. The summed E-state index contributed by atoms with van der Waals surface area (Å²) in [5.41, 5.74) is 1.80. The van der Waals surface area contributed by atoms with Gasteiger partial charge in [-0.25, -0.2) is 0 Å². The molecule has 15 heavy (non-hydrogen) atoms. The molecule has 1 aliphatic rings. The molecule has 0 aromatic carbocycles. The molecule has 0 bridgehead atoms. The van der Waals surface area contributed by atoms with Gasteiger partial charge in [-0.05, 0) is 42.7 Å². The molecular weight excluding hydrogens is 204 g/mol. The number of hydrogen-bond donors (Lipinski definition) is 1. The van der Waals surface area contributed by atoms with Crippen molar-refractivity contribution >= 4 is 12.6 Å². The molecule has 3 heteroatoms. The Labute approximate surface area is 97.1 Å². The summed E-state index contributed by atoms with van der Waals surface area (Å²) >= 11 is 4.43. The van der Waals surface area contributed by atoms with Crippen molar-refractivity contribution in [1.82, 2.24) is 9.88 Å². The SMILES string of the molecule is CN(Cc1cccnc1)CC1(CS)CC1. The van der Waals surface area contributed by atoms with Gasteiger partial charge in [0.15, 0.2) is 0 Å². The van der Waals surface area contributed by atoms with E-state index in [9.17, 15) is 0 Å². The van der Waals surface area contributed by atoms with E-state index in [0.29, 0.717) is 5.41 Å². The molecule has 1 aromatic heterocycles. The predicted octanol–water partition coefficient (Wildman–Crippen LogP) is 2.22.